The number of aromatic nitrogens is 1. The van der Waals surface area contributed by atoms with Gasteiger partial charge in [-0.25, -0.2) is 18.3 Å². The average Bonchev–Trinajstić information content (AvgIpc) is 3.22. The van der Waals surface area contributed by atoms with Crippen LogP contribution in [0.2, 0.25) is 0 Å². The molecule has 0 bridgehead atoms. The third-order valence-electron chi connectivity index (χ3n) is 8.15. The summed E-state index contributed by atoms with van der Waals surface area (Å²) in [5.41, 5.74) is 4.99. The number of benzene rings is 2. The van der Waals surface area contributed by atoms with Gasteiger partial charge in [-0.05, 0) is 87.1 Å². The van der Waals surface area contributed by atoms with Crippen molar-refractivity contribution >= 4 is 37.4 Å². The molecule has 5 atom stereocenters. The van der Waals surface area contributed by atoms with Crippen LogP contribution < -0.4 is 0 Å². The zero-order chi connectivity index (χ0) is 24.2. The van der Waals surface area contributed by atoms with E-state index in [1.165, 1.54) is 12.8 Å². The zero-order valence-electron chi connectivity index (χ0n) is 20.1. The molecule has 0 radical (unpaired) electrons. The Morgan fingerprint density at radius 1 is 1.14 bits per heavy atom. The van der Waals surface area contributed by atoms with Gasteiger partial charge in [-0.15, -0.1) is 11.3 Å². The lowest BCUT2D eigenvalue weighted by molar-refractivity contribution is -0.138. The molecule has 3 fully saturated rings. The highest BCUT2D eigenvalue weighted by Gasteiger charge is 2.46. The lowest BCUT2D eigenvalue weighted by Gasteiger charge is -2.38. The first kappa shape index (κ1) is 23.1. The molecular weight excluding hydrogens is 476 g/mol. The molecule has 2 heterocycles. The molecule has 3 aromatic rings. The van der Waals surface area contributed by atoms with Gasteiger partial charge in [0.05, 0.1) is 20.6 Å². The Kier molecular flexibility index (Phi) is 5.93. The summed E-state index contributed by atoms with van der Waals surface area (Å²) in [5.74, 6) is 1.64. The van der Waals surface area contributed by atoms with Crippen molar-refractivity contribution in [2.75, 3.05) is 6.54 Å². The fourth-order valence-electron chi connectivity index (χ4n) is 6.04. The molecule has 1 N–H and O–H groups in total. The van der Waals surface area contributed by atoms with Crippen LogP contribution in [0.5, 0.6) is 0 Å². The minimum atomic E-state index is -3.23. The van der Waals surface area contributed by atoms with Gasteiger partial charge in [0, 0.05) is 19.1 Å². The van der Waals surface area contributed by atoms with E-state index in [9.17, 15) is 9.00 Å². The third-order valence-corrected chi connectivity index (χ3v) is 11.0. The van der Waals surface area contributed by atoms with Crippen LogP contribution in [-0.2, 0) is 21.3 Å². The number of fused-ring (bicyclic) bond motifs is 2. The predicted octanol–water partition coefficient (Wildman–Crippen LogP) is 5.61. The summed E-state index contributed by atoms with van der Waals surface area (Å²) in [6.07, 6.45) is 6.03. The zero-order valence-corrected chi connectivity index (χ0v) is 21.7. The summed E-state index contributed by atoms with van der Waals surface area (Å²) in [6, 6.07) is 13.3. The van der Waals surface area contributed by atoms with Crippen LogP contribution in [0.1, 0.15) is 49.7 Å². The number of carbonyl (C=O) groups excluding carboxylic acids is 1. The Morgan fingerprint density at radius 3 is 2.77 bits per heavy atom. The van der Waals surface area contributed by atoms with Gasteiger partial charge in [-0.2, -0.15) is 0 Å². The molecule has 0 spiro atoms. The summed E-state index contributed by atoms with van der Waals surface area (Å²) < 4.78 is 25.4. The quantitative estimate of drug-likeness (QED) is 0.470. The van der Waals surface area contributed by atoms with Crippen molar-refractivity contribution in [2.45, 2.75) is 69.0 Å². The lowest BCUT2D eigenvalue weighted by atomic mass is 9.93. The van der Waals surface area contributed by atoms with E-state index in [1.807, 2.05) is 24.6 Å². The minimum absolute atomic E-state index is 0.0389. The second-order valence-electron chi connectivity index (χ2n) is 10.5. The lowest BCUT2D eigenvalue weighted by Crippen LogP contribution is -2.51. The maximum absolute atomic E-state index is 14.2. The van der Waals surface area contributed by atoms with Crippen LogP contribution in [-0.4, -0.2) is 42.9 Å². The van der Waals surface area contributed by atoms with Crippen molar-refractivity contribution in [3.05, 3.63) is 59.1 Å². The van der Waals surface area contributed by atoms with Crippen molar-refractivity contribution in [3.63, 3.8) is 0 Å². The number of hydrogen-bond acceptors (Lipinski definition) is 5. The Bertz CT molecular complexity index is 1350. The molecule has 1 amide bonds. The molecule has 6 rings (SSSR count). The number of amides is 1. The molecule has 1 aliphatic heterocycles. The highest BCUT2D eigenvalue weighted by Crippen LogP contribution is 2.50. The topological polar surface area (TPSA) is 77.4 Å². The number of hydrogen-bond donors (Lipinski definition) is 1. The summed E-state index contributed by atoms with van der Waals surface area (Å²) in [4.78, 5) is 21.2. The Hall–Kier alpha value is -2.29. The Balaban J connectivity index is 1.30. The Morgan fingerprint density at radius 2 is 1.97 bits per heavy atom. The van der Waals surface area contributed by atoms with Crippen LogP contribution in [0.4, 0.5) is 0 Å². The van der Waals surface area contributed by atoms with E-state index < -0.39 is 16.0 Å². The van der Waals surface area contributed by atoms with Crippen molar-refractivity contribution in [1.29, 1.82) is 4.78 Å². The maximum atomic E-state index is 14.2. The summed E-state index contributed by atoms with van der Waals surface area (Å²) in [7, 11) is -3.23. The van der Waals surface area contributed by atoms with Crippen LogP contribution in [0.25, 0.3) is 10.2 Å². The van der Waals surface area contributed by atoms with Gasteiger partial charge in [0.25, 0.3) is 0 Å². The van der Waals surface area contributed by atoms with E-state index >= 15 is 0 Å². The fraction of sp³-hybridized carbons (Fsp3) is 0.481. The maximum Gasteiger partial charge on any atom is 0.241 e. The number of aryl methyl sites for hydroxylation is 1. The number of nitrogens with zero attached hydrogens (tertiary/aromatic N) is 3. The first-order valence-corrected chi connectivity index (χ1v) is 15.0. The molecule has 1 aromatic heterocycles. The van der Waals surface area contributed by atoms with Crippen molar-refractivity contribution in [2.24, 2.45) is 11.8 Å². The van der Waals surface area contributed by atoms with Crippen LogP contribution in [0.15, 0.2) is 52.9 Å². The number of rotatable bonds is 6. The van der Waals surface area contributed by atoms with Crippen molar-refractivity contribution in [1.82, 2.24) is 14.2 Å². The van der Waals surface area contributed by atoms with Crippen LogP contribution >= 0.6 is 11.3 Å². The molecular formula is C27H32N4O2S2. The van der Waals surface area contributed by atoms with Gasteiger partial charge in [0.2, 0.25) is 5.91 Å². The summed E-state index contributed by atoms with van der Waals surface area (Å²) in [6.45, 7) is 3.04. The summed E-state index contributed by atoms with van der Waals surface area (Å²) >= 11 is 1.63. The molecule has 3 aliphatic rings. The van der Waals surface area contributed by atoms with E-state index in [0.717, 1.165) is 52.4 Å². The monoisotopic (exact) mass is 508 g/mol. The normalized spacial score (nSPS) is 27.9. The van der Waals surface area contributed by atoms with Gasteiger partial charge in [-0.3, -0.25) is 4.79 Å². The first-order chi connectivity index (χ1) is 16.9. The molecule has 0 unspecified atom stereocenters. The van der Waals surface area contributed by atoms with Crippen LogP contribution in [0, 0.1) is 23.5 Å². The smallest absolute Gasteiger partial charge is 0.241 e. The van der Waals surface area contributed by atoms with Crippen molar-refractivity contribution in [3.8, 4) is 0 Å². The molecule has 6 nitrogen and oxygen atoms in total. The second-order valence-corrected chi connectivity index (χ2v) is 13.4. The molecule has 35 heavy (non-hydrogen) atoms. The molecule has 1 saturated heterocycles. The third kappa shape index (κ3) is 4.41. The Labute approximate surface area is 211 Å². The fourth-order valence-corrected chi connectivity index (χ4v) is 8.41. The van der Waals surface area contributed by atoms with E-state index in [1.54, 1.807) is 27.8 Å². The number of nitrogens with one attached hydrogen (secondary N) is 1. The molecule has 2 aromatic carbocycles. The van der Waals surface area contributed by atoms with Gasteiger partial charge in [0.15, 0.2) is 0 Å². The van der Waals surface area contributed by atoms with E-state index in [0.29, 0.717) is 24.4 Å². The van der Waals surface area contributed by atoms with Crippen LogP contribution in [0.3, 0.4) is 0 Å². The largest absolute Gasteiger partial charge is 0.334 e. The highest BCUT2D eigenvalue weighted by molar-refractivity contribution is 7.90. The average molecular weight is 509 g/mol. The summed E-state index contributed by atoms with van der Waals surface area (Å²) in [5, 5.41) is 0. The van der Waals surface area contributed by atoms with E-state index in [4.69, 9.17) is 4.78 Å². The molecule has 184 valence electrons. The SMILES string of the molecule is Cc1ccc([S@](=N)(=O)N2CCC[C@H]2C(=O)N(Cc2ccc3scnc3c2)[C@H]2CC[C@H]3C[C@H]3C2)cc1. The minimum Gasteiger partial charge on any atom is -0.334 e. The number of carbonyl (C=O) groups is 1. The first-order valence-electron chi connectivity index (χ1n) is 12.6. The predicted molar refractivity (Wildman–Crippen MR) is 139 cm³/mol. The standard InChI is InChI=1S/C27H32N4O2S2/c1-18-4-9-23(10-5-18)35(28,33)31-12-2-3-25(31)27(32)30(22-8-7-20-14-21(20)15-22)16-19-6-11-26-24(13-19)29-17-34-26/h4-6,9-11,13,17,20-22,25,28H,2-3,7-8,12,14-16H2,1H3/t20-,21-,22-,25-,35+/m0/s1. The molecule has 2 aliphatic carbocycles. The molecule has 8 heteroatoms. The van der Waals surface area contributed by atoms with Gasteiger partial charge in [0.1, 0.15) is 16.0 Å². The van der Waals surface area contributed by atoms with Gasteiger partial charge in [-0.1, -0.05) is 23.8 Å². The highest BCUT2D eigenvalue weighted by atomic mass is 32.2. The van der Waals surface area contributed by atoms with Gasteiger partial charge >= 0.3 is 0 Å². The number of thiazole rings is 1. The second kappa shape index (κ2) is 8.98. The van der Waals surface area contributed by atoms with E-state index in [2.05, 4.69) is 28.1 Å². The van der Waals surface area contributed by atoms with Crippen molar-refractivity contribution < 1.29 is 9.00 Å². The van der Waals surface area contributed by atoms with E-state index in [-0.39, 0.29) is 11.9 Å². The molecule has 2 saturated carbocycles. The van der Waals surface area contributed by atoms with Gasteiger partial charge < -0.3 is 4.90 Å².